The predicted molar refractivity (Wildman–Crippen MR) is 80.0 cm³/mol. The molecule has 6 nitrogen and oxygen atoms in total. The number of hydrogen-bond donors (Lipinski definition) is 1. The molecule has 1 heterocycles. The van der Waals surface area contributed by atoms with Gasteiger partial charge in [0, 0.05) is 33.2 Å². The number of rotatable bonds is 5. The average molecular weight is 300 g/mol. The van der Waals surface area contributed by atoms with Crippen molar-refractivity contribution in [3.8, 4) is 0 Å². The normalized spacial score (nSPS) is 16.7. The predicted octanol–water partition coefficient (Wildman–Crippen LogP) is 1.79. The fourth-order valence-electron chi connectivity index (χ4n) is 2.20. The zero-order valence-corrected chi connectivity index (χ0v) is 13.6. The summed E-state index contributed by atoms with van der Waals surface area (Å²) in [7, 11) is 0. The van der Waals surface area contributed by atoms with Crippen LogP contribution in [0.15, 0.2) is 0 Å². The number of amides is 2. The van der Waals surface area contributed by atoms with Gasteiger partial charge in [-0.25, -0.2) is 4.79 Å². The molecule has 0 unspecified atom stereocenters. The van der Waals surface area contributed by atoms with Gasteiger partial charge in [0.15, 0.2) is 0 Å². The van der Waals surface area contributed by atoms with Crippen LogP contribution in [0.4, 0.5) is 4.79 Å². The van der Waals surface area contributed by atoms with E-state index < -0.39 is 11.7 Å². The molecule has 1 saturated heterocycles. The van der Waals surface area contributed by atoms with Crippen molar-refractivity contribution in [2.24, 2.45) is 5.92 Å². The number of alkyl carbamates (subject to hydrolysis) is 1. The van der Waals surface area contributed by atoms with Crippen molar-refractivity contribution >= 4 is 12.0 Å². The molecule has 1 N–H and O–H groups in total. The molecule has 1 rings (SSSR count). The molecule has 0 bridgehead atoms. The molecule has 0 radical (unpaired) electrons. The number of piperidine rings is 1. The van der Waals surface area contributed by atoms with Crippen LogP contribution >= 0.6 is 0 Å². The fourth-order valence-corrected chi connectivity index (χ4v) is 2.20. The summed E-state index contributed by atoms with van der Waals surface area (Å²) in [5.74, 6) is 0.651. The van der Waals surface area contributed by atoms with Gasteiger partial charge in [-0.15, -0.1) is 0 Å². The maximum atomic E-state index is 11.4. The van der Waals surface area contributed by atoms with Crippen molar-refractivity contribution in [2.45, 2.75) is 46.1 Å². The van der Waals surface area contributed by atoms with Gasteiger partial charge in [0.05, 0.1) is 6.61 Å². The molecule has 1 aliphatic heterocycles. The average Bonchev–Trinajstić information content (AvgIpc) is 2.36. The summed E-state index contributed by atoms with van der Waals surface area (Å²) in [6.07, 6.45) is 1.55. The van der Waals surface area contributed by atoms with E-state index in [9.17, 15) is 9.59 Å². The second kappa shape index (κ2) is 8.22. The van der Waals surface area contributed by atoms with Crippen molar-refractivity contribution < 1.29 is 19.1 Å². The smallest absolute Gasteiger partial charge is 0.407 e. The highest BCUT2D eigenvalue weighted by molar-refractivity contribution is 5.73. The summed E-state index contributed by atoms with van der Waals surface area (Å²) in [6, 6.07) is 0. The summed E-state index contributed by atoms with van der Waals surface area (Å²) in [5, 5.41) is 2.66. The van der Waals surface area contributed by atoms with E-state index in [0.717, 1.165) is 25.9 Å². The number of likely N-dealkylation sites (tertiary alicyclic amines) is 1. The van der Waals surface area contributed by atoms with Gasteiger partial charge in [0.25, 0.3) is 0 Å². The third-order valence-electron chi connectivity index (χ3n) is 3.33. The molecule has 0 aliphatic carbocycles. The Morgan fingerprint density at radius 3 is 2.38 bits per heavy atom. The molecule has 0 atom stereocenters. The lowest BCUT2D eigenvalue weighted by Gasteiger charge is -2.31. The summed E-state index contributed by atoms with van der Waals surface area (Å²) in [6.45, 7) is 10.3. The minimum atomic E-state index is -0.477. The van der Waals surface area contributed by atoms with Crippen LogP contribution in [0.3, 0.4) is 0 Å². The van der Waals surface area contributed by atoms with Crippen LogP contribution < -0.4 is 5.32 Å². The summed E-state index contributed by atoms with van der Waals surface area (Å²) in [4.78, 5) is 24.5. The van der Waals surface area contributed by atoms with Gasteiger partial charge < -0.3 is 19.7 Å². The minimum Gasteiger partial charge on any atom is -0.444 e. The van der Waals surface area contributed by atoms with E-state index in [4.69, 9.17) is 9.47 Å². The van der Waals surface area contributed by atoms with Crippen LogP contribution in [0.1, 0.15) is 40.5 Å². The molecular formula is C15H28N2O4. The molecule has 1 aliphatic rings. The van der Waals surface area contributed by atoms with Gasteiger partial charge in [-0.1, -0.05) is 0 Å². The Balaban J connectivity index is 2.03. The number of hydrogen-bond acceptors (Lipinski definition) is 4. The molecule has 0 saturated carbocycles. The van der Waals surface area contributed by atoms with E-state index in [2.05, 4.69) is 5.32 Å². The summed E-state index contributed by atoms with van der Waals surface area (Å²) < 4.78 is 10.7. The van der Waals surface area contributed by atoms with E-state index in [1.807, 2.05) is 25.7 Å². The quantitative estimate of drug-likeness (QED) is 0.786. The van der Waals surface area contributed by atoms with Gasteiger partial charge in [0.1, 0.15) is 5.60 Å². The number of nitrogens with zero attached hydrogens (tertiary/aromatic N) is 1. The largest absolute Gasteiger partial charge is 0.444 e. The monoisotopic (exact) mass is 300 g/mol. The van der Waals surface area contributed by atoms with Crippen molar-refractivity contribution in [3.05, 3.63) is 0 Å². The van der Waals surface area contributed by atoms with Gasteiger partial charge in [-0.2, -0.15) is 0 Å². The van der Waals surface area contributed by atoms with E-state index in [1.165, 1.54) is 0 Å². The number of carbonyl (C=O) groups is 2. The van der Waals surface area contributed by atoms with Crippen molar-refractivity contribution in [1.29, 1.82) is 0 Å². The van der Waals surface area contributed by atoms with Gasteiger partial charge in [-0.3, -0.25) is 4.79 Å². The zero-order valence-electron chi connectivity index (χ0n) is 13.6. The minimum absolute atomic E-state index is 0.149. The third-order valence-corrected chi connectivity index (χ3v) is 3.33. The van der Waals surface area contributed by atoms with Crippen LogP contribution in [0.25, 0.3) is 0 Å². The second-order valence-electron chi connectivity index (χ2n) is 6.45. The van der Waals surface area contributed by atoms with E-state index in [0.29, 0.717) is 25.7 Å². The van der Waals surface area contributed by atoms with Crippen LogP contribution in [0, 0.1) is 5.92 Å². The highest BCUT2D eigenvalue weighted by Crippen LogP contribution is 2.17. The fraction of sp³-hybridized carbons (Fsp3) is 0.867. The maximum absolute atomic E-state index is 11.4. The lowest BCUT2D eigenvalue weighted by atomic mass is 9.98. The molecule has 21 heavy (non-hydrogen) atoms. The van der Waals surface area contributed by atoms with Crippen LogP contribution in [0.2, 0.25) is 0 Å². The van der Waals surface area contributed by atoms with Crippen LogP contribution in [-0.4, -0.2) is 55.3 Å². The molecular weight excluding hydrogens is 272 g/mol. The summed E-state index contributed by atoms with van der Waals surface area (Å²) >= 11 is 0. The first kappa shape index (κ1) is 17.8. The summed E-state index contributed by atoms with van der Waals surface area (Å²) in [5.41, 5.74) is -0.477. The number of ether oxygens (including phenoxy) is 2. The van der Waals surface area contributed by atoms with E-state index in [-0.39, 0.29) is 5.91 Å². The lowest BCUT2D eigenvalue weighted by Crippen LogP contribution is -2.38. The first-order valence-electron chi connectivity index (χ1n) is 7.58. The highest BCUT2D eigenvalue weighted by Gasteiger charge is 2.20. The number of carbonyl (C=O) groups excluding carboxylic acids is 2. The molecule has 122 valence electrons. The standard InChI is InChI=1S/C15H28N2O4/c1-12(18)17-8-5-13(6-9-17)11-20-10-7-16-14(19)21-15(2,3)4/h13H,5-11H2,1-4H3,(H,16,19). The first-order valence-corrected chi connectivity index (χ1v) is 7.58. The maximum Gasteiger partial charge on any atom is 0.407 e. The molecule has 1 fully saturated rings. The molecule has 0 aromatic rings. The molecule has 2 amide bonds. The Kier molecular flexibility index (Phi) is 6.95. The molecule has 6 heteroatoms. The van der Waals surface area contributed by atoms with Gasteiger partial charge in [0.2, 0.25) is 5.91 Å². The Morgan fingerprint density at radius 2 is 1.86 bits per heavy atom. The highest BCUT2D eigenvalue weighted by atomic mass is 16.6. The van der Waals surface area contributed by atoms with Crippen molar-refractivity contribution in [1.82, 2.24) is 10.2 Å². The molecule has 0 aromatic heterocycles. The van der Waals surface area contributed by atoms with Gasteiger partial charge >= 0.3 is 6.09 Å². The van der Waals surface area contributed by atoms with E-state index in [1.54, 1.807) is 6.92 Å². The lowest BCUT2D eigenvalue weighted by molar-refractivity contribution is -0.130. The Labute approximate surface area is 127 Å². The Morgan fingerprint density at radius 1 is 1.24 bits per heavy atom. The van der Waals surface area contributed by atoms with Crippen molar-refractivity contribution in [2.75, 3.05) is 32.8 Å². The molecule has 0 aromatic carbocycles. The number of nitrogens with one attached hydrogen (secondary N) is 1. The SMILES string of the molecule is CC(=O)N1CCC(COCCNC(=O)OC(C)(C)C)CC1. The van der Waals surface area contributed by atoms with E-state index >= 15 is 0 Å². The Bertz CT molecular complexity index is 344. The topological polar surface area (TPSA) is 67.9 Å². The first-order chi connectivity index (χ1) is 9.78. The second-order valence-corrected chi connectivity index (χ2v) is 6.45. The third kappa shape index (κ3) is 7.90. The van der Waals surface area contributed by atoms with Crippen LogP contribution in [0.5, 0.6) is 0 Å². The van der Waals surface area contributed by atoms with Crippen molar-refractivity contribution in [3.63, 3.8) is 0 Å². The molecule has 0 spiro atoms. The van der Waals surface area contributed by atoms with Gasteiger partial charge in [-0.05, 0) is 39.5 Å². The Hall–Kier alpha value is -1.30. The zero-order chi connectivity index (χ0) is 15.9. The van der Waals surface area contributed by atoms with Crippen LogP contribution in [-0.2, 0) is 14.3 Å².